The number of nitrogens with one attached hydrogen (secondary N) is 1. The summed E-state index contributed by atoms with van der Waals surface area (Å²) >= 11 is 0. The maximum atomic E-state index is 14.5. The number of pyridine rings is 2. The normalized spacial score (nSPS) is 21.0. The SMILES string of the molecule is Cc1cc(CCc2cccc(C(Cc3cc(C)cc(-n4c(C)ccc4C)n3)NC(=O)[C@]34CC[C@](C)(C(=O)O3)C4(C)C)c2)nc(-n2c(C)ccc2C)c1. The third-order valence-electron chi connectivity index (χ3n) is 12.2. The standard InChI is InChI=1S/C44H51N5O3/c1-27-21-35(45-38(23-27)48-29(3)13-14-30(48)4)18-17-33-11-10-12-34(25-33)37(47-40(50)44-20-19-43(9,41(51)52-44)42(44,7)8)26-36-22-28(2)24-39(46-36)49-31(5)15-16-32(49)6/h10-16,21-25,37H,17-20,26H2,1-9H3,(H,47,50)/t37?,43-,44+/m1/s1. The van der Waals surface area contributed by atoms with Gasteiger partial charge in [-0.25, -0.2) is 9.97 Å². The molecule has 1 amide bonds. The molecule has 1 aromatic carbocycles. The number of benzene rings is 1. The van der Waals surface area contributed by atoms with E-state index in [-0.39, 0.29) is 11.9 Å². The van der Waals surface area contributed by atoms with Gasteiger partial charge in [-0.3, -0.25) is 9.59 Å². The smallest absolute Gasteiger partial charge is 0.313 e. The highest BCUT2D eigenvalue weighted by atomic mass is 16.6. The van der Waals surface area contributed by atoms with Crippen LogP contribution in [0.1, 0.15) is 96.1 Å². The summed E-state index contributed by atoms with van der Waals surface area (Å²) in [7, 11) is 0. The number of esters is 1. The zero-order chi connectivity index (χ0) is 37.2. The molecular formula is C44H51N5O3. The largest absolute Gasteiger partial charge is 0.448 e. The molecule has 8 heteroatoms. The molecule has 52 heavy (non-hydrogen) atoms. The monoisotopic (exact) mass is 697 g/mol. The van der Waals surface area contributed by atoms with Gasteiger partial charge < -0.3 is 19.2 Å². The minimum atomic E-state index is -1.22. The van der Waals surface area contributed by atoms with Crippen molar-refractivity contribution in [3.05, 3.63) is 129 Å². The Bertz CT molecular complexity index is 2170. The Balaban J connectivity index is 1.20. The van der Waals surface area contributed by atoms with Crippen molar-refractivity contribution in [1.82, 2.24) is 24.4 Å². The molecule has 7 rings (SSSR count). The van der Waals surface area contributed by atoms with Crippen LogP contribution in [0.15, 0.2) is 72.8 Å². The number of carbonyl (C=O) groups excluding carboxylic acids is 2. The summed E-state index contributed by atoms with van der Waals surface area (Å²) in [5.74, 6) is 1.29. The van der Waals surface area contributed by atoms with Crippen LogP contribution < -0.4 is 5.32 Å². The van der Waals surface area contributed by atoms with E-state index in [1.54, 1.807) is 0 Å². The van der Waals surface area contributed by atoms with Gasteiger partial charge in [-0.05, 0) is 145 Å². The van der Waals surface area contributed by atoms with Crippen molar-refractivity contribution in [2.75, 3.05) is 0 Å². The van der Waals surface area contributed by atoms with Crippen LogP contribution in [-0.4, -0.2) is 36.6 Å². The van der Waals surface area contributed by atoms with Crippen LogP contribution in [0.2, 0.25) is 0 Å². The first kappa shape index (κ1) is 35.4. The van der Waals surface area contributed by atoms with E-state index in [0.29, 0.717) is 19.3 Å². The van der Waals surface area contributed by atoms with Gasteiger partial charge in [-0.1, -0.05) is 38.1 Å². The van der Waals surface area contributed by atoms with Crippen LogP contribution in [0.4, 0.5) is 0 Å². The second kappa shape index (κ2) is 12.9. The molecule has 8 nitrogen and oxygen atoms in total. The third kappa shape index (κ3) is 5.86. The molecule has 2 fully saturated rings. The molecule has 4 aromatic heterocycles. The van der Waals surface area contributed by atoms with Gasteiger partial charge in [0, 0.05) is 46.0 Å². The summed E-state index contributed by atoms with van der Waals surface area (Å²) in [5, 5.41) is 3.40. The number of hydrogen-bond donors (Lipinski definition) is 1. The fourth-order valence-corrected chi connectivity index (χ4v) is 8.68. The van der Waals surface area contributed by atoms with E-state index in [2.05, 4.69) is 129 Å². The summed E-state index contributed by atoms with van der Waals surface area (Å²) < 4.78 is 10.4. The van der Waals surface area contributed by atoms with Gasteiger partial charge in [-0.15, -0.1) is 0 Å². The molecule has 2 bridgehead atoms. The molecule has 1 saturated heterocycles. The summed E-state index contributed by atoms with van der Waals surface area (Å²) in [6.45, 7) is 18.5. The molecule has 270 valence electrons. The highest BCUT2D eigenvalue weighted by Gasteiger charge is 2.75. The van der Waals surface area contributed by atoms with Crippen molar-refractivity contribution < 1.29 is 14.3 Å². The molecule has 0 radical (unpaired) electrons. The van der Waals surface area contributed by atoms with Crippen molar-refractivity contribution in [2.24, 2.45) is 10.8 Å². The number of rotatable bonds is 10. The zero-order valence-corrected chi connectivity index (χ0v) is 32.1. The van der Waals surface area contributed by atoms with Crippen LogP contribution in [0.3, 0.4) is 0 Å². The zero-order valence-electron chi connectivity index (χ0n) is 32.1. The van der Waals surface area contributed by atoms with Gasteiger partial charge >= 0.3 is 5.97 Å². The van der Waals surface area contributed by atoms with Crippen molar-refractivity contribution in [2.45, 2.75) is 106 Å². The number of ether oxygens (including phenoxy) is 1. The van der Waals surface area contributed by atoms with E-state index >= 15 is 0 Å². The summed E-state index contributed by atoms with van der Waals surface area (Å²) in [6, 6.07) is 25.0. The lowest BCUT2D eigenvalue weighted by molar-refractivity contribution is -0.168. The van der Waals surface area contributed by atoms with E-state index in [1.807, 2.05) is 20.8 Å². The maximum Gasteiger partial charge on any atom is 0.313 e. The Morgan fingerprint density at radius 2 is 1.31 bits per heavy atom. The molecule has 1 N–H and O–H groups in total. The van der Waals surface area contributed by atoms with E-state index in [0.717, 1.165) is 75.3 Å². The average molecular weight is 698 g/mol. The van der Waals surface area contributed by atoms with Crippen LogP contribution >= 0.6 is 0 Å². The molecule has 0 spiro atoms. The fourth-order valence-electron chi connectivity index (χ4n) is 8.68. The lowest BCUT2D eigenvalue weighted by atomic mass is 9.66. The van der Waals surface area contributed by atoms with Crippen LogP contribution in [0.25, 0.3) is 11.6 Å². The van der Waals surface area contributed by atoms with Gasteiger partial charge in [0.1, 0.15) is 11.6 Å². The first-order chi connectivity index (χ1) is 24.6. The van der Waals surface area contributed by atoms with E-state index in [1.165, 1.54) is 5.56 Å². The second-order valence-electron chi connectivity index (χ2n) is 16.0. The fraction of sp³-hybridized carbons (Fsp3) is 0.409. The second-order valence-corrected chi connectivity index (χ2v) is 16.0. The van der Waals surface area contributed by atoms with Gasteiger partial charge in [0.25, 0.3) is 5.91 Å². The first-order valence-corrected chi connectivity index (χ1v) is 18.5. The van der Waals surface area contributed by atoms with Crippen molar-refractivity contribution in [3.63, 3.8) is 0 Å². The summed E-state index contributed by atoms with van der Waals surface area (Å²) in [4.78, 5) is 37.8. The summed E-state index contributed by atoms with van der Waals surface area (Å²) in [6.07, 6.45) is 3.18. The van der Waals surface area contributed by atoms with E-state index < -0.39 is 22.5 Å². The van der Waals surface area contributed by atoms with Crippen molar-refractivity contribution >= 4 is 11.9 Å². The number of hydrogen-bond acceptors (Lipinski definition) is 5. The Kier molecular flexibility index (Phi) is 8.79. The predicted molar refractivity (Wildman–Crippen MR) is 204 cm³/mol. The number of aromatic nitrogens is 4. The molecule has 2 aliphatic rings. The molecule has 1 aliphatic carbocycles. The lowest BCUT2D eigenvalue weighted by Gasteiger charge is -2.36. The molecule has 1 unspecified atom stereocenters. The Morgan fingerprint density at radius 1 is 0.750 bits per heavy atom. The predicted octanol–water partition coefficient (Wildman–Crippen LogP) is 8.22. The quantitative estimate of drug-likeness (QED) is 0.149. The molecular weight excluding hydrogens is 647 g/mol. The maximum absolute atomic E-state index is 14.5. The van der Waals surface area contributed by atoms with Crippen LogP contribution in [0, 0.1) is 52.4 Å². The average Bonchev–Trinajstić information content (AvgIpc) is 3.72. The van der Waals surface area contributed by atoms with Crippen LogP contribution in [-0.2, 0) is 33.6 Å². The minimum Gasteiger partial charge on any atom is -0.448 e. The molecule has 1 saturated carbocycles. The Labute approximate surface area is 307 Å². The number of amides is 1. The number of aryl methyl sites for hydroxylation is 8. The minimum absolute atomic E-state index is 0.237. The molecule has 5 aromatic rings. The number of fused-ring (bicyclic) bond motifs is 2. The molecule has 3 atom stereocenters. The highest BCUT2D eigenvalue weighted by molar-refractivity contribution is 5.96. The van der Waals surface area contributed by atoms with Gasteiger partial charge in [-0.2, -0.15) is 0 Å². The van der Waals surface area contributed by atoms with Crippen LogP contribution in [0.5, 0.6) is 0 Å². The number of carbonyl (C=O) groups is 2. The topological polar surface area (TPSA) is 91.0 Å². The van der Waals surface area contributed by atoms with Crippen molar-refractivity contribution in [3.8, 4) is 11.6 Å². The lowest BCUT2D eigenvalue weighted by Crippen LogP contribution is -2.54. The third-order valence-corrected chi connectivity index (χ3v) is 12.2. The Morgan fingerprint density at radius 3 is 1.85 bits per heavy atom. The van der Waals surface area contributed by atoms with E-state index in [9.17, 15) is 9.59 Å². The summed E-state index contributed by atoms with van der Waals surface area (Å²) in [5.41, 5.74) is 8.32. The number of nitrogens with zero attached hydrogens (tertiary/aromatic N) is 4. The first-order valence-electron chi connectivity index (χ1n) is 18.5. The highest BCUT2D eigenvalue weighted by Crippen LogP contribution is 2.65. The van der Waals surface area contributed by atoms with Gasteiger partial charge in [0.05, 0.1) is 11.5 Å². The molecule has 1 aliphatic heterocycles. The van der Waals surface area contributed by atoms with Crippen molar-refractivity contribution in [1.29, 1.82) is 0 Å². The molecule has 5 heterocycles. The van der Waals surface area contributed by atoms with E-state index in [4.69, 9.17) is 14.7 Å². The van der Waals surface area contributed by atoms with Gasteiger partial charge in [0.15, 0.2) is 5.60 Å². The Hall–Kier alpha value is -4.98. The van der Waals surface area contributed by atoms with Gasteiger partial charge in [0.2, 0.25) is 0 Å².